The SMILES string of the molecule is Cc1ccccc1C(C)NCC1Cc2cc(Br)ccc2O1. The molecule has 110 valence electrons. The van der Waals surface area contributed by atoms with Crippen molar-refractivity contribution in [2.75, 3.05) is 6.54 Å². The highest BCUT2D eigenvalue weighted by molar-refractivity contribution is 9.10. The molecule has 0 fully saturated rings. The molecule has 3 heteroatoms. The van der Waals surface area contributed by atoms with Crippen LogP contribution in [-0.4, -0.2) is 12.6 Å². The molecule has 2 aromatic rings. The van der Waals surface area contributed by atoms with Gasteiger partial charge in [-0.25, -0.2) is 0 Å². The molecular weight excluding hydrogens is 326 g/mol. The van der Waals surface area contributed by atoms with E-state index < -0.39 is 0 Å². The molecule has 0 aromatic heterocycles. The third-order valence-corrected chi connectivity index (χ3v) is 4.56. The third-order valence-electron chi connectivity index (χ3n) is 4.07. The first kappa shape index (κ1) is 14.6. The maximum absolute atomic E-state index is 6.00. The van der Waals surface area contributed by atoms with E-state index in [1.54, 1.807) is 0 Å². The summed E-state index contributed by atoms with van der Waals surface area (Å²) in [6, 6.07) is 15.1. The molecule has 1 aliphatic rings. The maximum Gasteiger partial charge on any atom is 0.123 e. The summed E-state index contributed by atoms with van der Waals surface area (Å²) < 4.78 is 7.11. The van der Waals surface area contributed by atoms with Gasteiger partial charge in [-0.15, -0.1) is 0 Å². The average molecular weight is 346 g/mol. The highest BCUT2D eigenvalue weighted by Crippen LogP contribution is 2.31. The van der Waals surface area contributed by atoms with Gasteiger partial charge >= 0.3 is 0 Å². The zero-order valence-corrected chi connectivity index (χ0v) is 14.0. The van der Waals surface area contributed by atoms with Gasteiger partial charge in [-0.3, -0.25) is 0 Å². The van der Waals surface area contributed by atoms with Crippen LogP contribution in [0.25, 0.3) is 0 Å². The van der Waals surface area contributed by atoms with Crippen molar-refractivity contribution in [2.24, 2.45) is 0 Å². The second-order valence-corrected chi connectivity index (χ2v) is 6.60. The Balaban J connectivity index is 1.59. The normalized spacial score (nSPS) is 18.1. The molecule has 3 rings (SSSR count). The van der Waals surface area contributed by atoms with Gasteiger partial charge < -0.3 is 10.1 Å². The van der Waals surface area contributed by atoms with Gasteiger partial charge in [-0.1, -0.05) is 40.2 Å². The fraction of sp³-hybridized carbons (Fsp3) is 0.333. The Morgan fingerprint density at radius 2 is 2.10 bits per heavy atom. The van der Waals surface area contributed by atoms with Gasteiger partial charge in [0.1, 0.15) is 11.9 Å². The second kappa shape index (κ2) is 6.20. The van der Waals surface area contributed by atoms with Crippen molar-refractivity contribution in [3.8, 4) is 5.75 Å². The Morgan fingerprint density at radius 1 is 1.29 bits per heavy atom. The summed E-state index contributed by atoms with van der Waals surface area (Å²) in [6.45, 7) is 5.23. The van der Waals surface area contributed by atoms with Crippen LogP contribution >= 0.6 is 15.9 Å². The lowest BCUT2D eigenvalue weighted by Gasteiger charge is -2.19. The van der Waals surface area contributed by atoms with Gasteiger partial charge in [-0.2, -0.15) is 0 Å². The zero-order chi connectivity index (χ0) is 14.8. The van der Waals surface area contributed by atoms with Crippen molar-refractivity contribution in [3.05, 3.63) is 63.6 Å². The molecule has 2 unspecified atom stereocenters. The minimum atomic E-state index is 0.223. The molecule has 1 heterocycles. The first-order valence-electron chi connectivity index (χ1n) is 7.37. The smallest absolute Gasteiger partial charge is 0.123 e. The Hall–Kier alpha value is -1.32. The van der Waals surface area contributed by atoms with Crippen molar-refractivity contribution >= 4 is 15.9 Å². The molecule has 0 radical (unpaired) electrons. The minimum absolute atomic E-state index is 0.223. The van der Waals surface area contributed by atoms with Crippen molar-refractivity contribution in [2.45, 2.75) is 32.4 Å². The summed E-state index contributed by atoms with van der Waals surface area (Å²) in [5, 5.41) is 3.59. The van der Waals surface area contributed by atoms with Gasteiger partial charge in [-0.05, 0) is 48.7 Å². The number of halogens is 1. The Kier molecular flexibility index (Phi) is 4.32. The number of ether oxygens (including phenoxy) is 1. The average Bonchev–Trinajstić information content (AvgIpc) is 2.87. The van der Waals surface area contributed by atoms with Crippen molar-refractivity contribution < 1.29 is 4.74 Å². The molecule has 2 nitrogen and oxygen atoms in total. The largest absolute Gasteiger partial charge is 0.488 e. The van der Waals surface area contributed by atoms with Crippen LogP contribution in [0.15, 0.2) is 46.9 Å². The van der Waals surface area contributed by atoms with Gasteiger partial charge in [0.2, 0.25) is 0 Å². The van der Waals surface area contributed by atoms with Gasteiger partial charge in [0, 0.05) is 23.5 Å². The van der Waals surface area contributed by atoms with E-state index in [2.05, 4.69) is 65.4 Å². The van der Waals surface area contributed by atoms with Crippen LogP contribution in [-0.2, 0) is 6.42 Å². The zero-order valence-electron chi connectivity index (χ0n) is 12.4. The van der Waals surface area contributed by atoms with E-state index in [4.69, 9.17) is 4.74 Å². The first-order valence-corrected chi connectivity index (χ1v) is 8.17. The second-order valence-electron chi connectivity index (χ2n) is 5.68. The summed E-state index contributed by atoms with van der Waals surface area (Å²) in [5.41, 5.74) is 3.98. The van der Waals surface area contributed by atoms with Crippen LogP contribution in [0.2, 0.25) is 0 Å². The van der Waals surface area contributed by atoms with Gasteiger partial charge in [0.15, 0.2) is 0 Å². The number of nitrogens with one attached hydrogen (secondary N) is 1. The predicted octanol–water partition coefficient (Wildman–Crippen LogP) is 4.41. The van der Waals surface area contributed by atoms with E-state index in [1.807, 2.05) is 12.1 Å². The van der Waals surface area contributed by atoms with Crippen molar-refractivity contribution in [3.63, 3.8) is 0 Å². The molecule has 0 amide bonds. The minimum Gasteiger partial charge on any atom is -0.488 e. The monoisotopic (exact) mass is 345 g/mol. The summed E-state index contributed by atoms with van der Waals surface area (Å²) in [7, 11) is 0. The maximum atomic E-state index is 6.00. The third kappa shape index (κ3) is 3.30. The molecule has 0 bridgehead atoms. The van der Waals surface area contributed by atoms with E-state index in [0.29, 0.717) is 6.04 Å². The number of benzene rings is 2. The lowest BCUT2D eigenvalue weighted by Crippen LogP contribution is -2.32. The summed E-state index contributed by atoms with van der Waals surface area (Å²) >= 11 is 3.51. The highest BCUT2D eigenvalue weighted by atomic mass is 79.9. The molecule has 21 heavy (non-hydrogen) atoms. The lowest BCUT2D eigenvalue weighted by molar-refractivity contribution is 0.222. The summed E-state index contributed by atoms with van der Waals surface area (Å²) in [6.07, 6.45) is 1.20. The van der Waals surface area contributed by atoms with Gasteiger partial charge in [0.05, 0.1) is 0 Å². The standard InChI is InChI=1S/C18H20BrNO/c1-12-5-3-4-6-17(12)13(2)20-11-16-10-14-9-15(19)7-8-18(14)21-16/h3-9,13,16,20H,10-11H2,1-2H3. The van der Waals surface area contributed by atoms with Crippen molar-refractivity contribution in [1.82, 2.24) is 5.32 Å². The predicted molar refractivity (Wildman–Crippen MR) is 89.9 cm³/mol. The number of hydrogen-bond donors (Lipinski definition) is 1. The van der Waals surface area contributed by atoms with E-state index in [-0.39, 0.29) is 6.10 Å². The summed E-state index contributed by atoms with van der Waals surface area (Å²) in [4.78, 5) is 0. The van der Waals surface area contributed by atoms with Crippen LogP contribution in [0, 0.1) is 6.92 Å². The Morgan fingerprint density at radius 3 is 2.90 bits per heavy atom. The number of fused-ring (bicyclic) bond motifs is 1. The van der Waals surface area contributed by atoms with Crippen molar-refractivity contribution in [1.29, 1.82) is 0 Å². The molecule has 0 aliphatic carbocycles. The van der Waals surface area contributed by atoms with E-state index >= 15 is 0 Å². The molecule has 1 aliphatic heterocycles. The van der Waals surface area contributed by atoms with Gasteiger partial charge in [0.25, 0.3) is 0 Å². The molecule has 0 saturated heterocycles. The van der Waals surface area contributed by atoms with Crippen LogP contribution in [0.5, 0.6) is 5.75 Å². The molecular formula is C18H20BrNO. The fourth-order valence-electron chi connectivity index (χ4n) is 2.89. The lowest BCUT2D eigenvalue weighted by atomic mass is 10.0. The quantitative estimate of drug-likeness (QED) is 0.885. The summed E-state index contributed by atoms with van der Waals surface area (Å²) in [5.74, 6) is 1.02. The number of rotatable bonds is 4. The first-order chi connectivity index (χ1) is 10.1. The Labute approximate surface area is 134 Å². The van der Waals surface area contributed by atoms with Crippen LogP contribution in [0.4, 0.5) is 0 Å². The number of hydrogen-bond acceptors (Lipinski definition) is 2. The fourth-order valence-corrected chi connectivity index (χ4v) is 3.30. The van der Waals surface area contributed by atoms with Crippen LogP contribution in [0.3, 0.4) is 0 Å². The van der Waals surface area contributed by atoms with Crippen LogP contribution in [0.1, 0.15) is 29.7 Å². The molecule has 2 atom stereocenters. The highest BCUT2D eigenvalue weighted by Gasteiger charge is 2.23. The van der Waals surface area contributed by atoms with E-state index in [0.717, 1.165) is 23.2 Å². The molecule has 2 aromatic carbocycles. The topological polar surface area (TPSA) is 21.3 Å². The van der Waals surface area contributed by atoms with Crippen LogP contribution < -0.4 is 10.1 Å². The Bertz CT molecular complexity index is 641. The van der Waals surface area contributed by atoms with E-state index in [1.165, 1.54) is 16.7 Å². The number of aryl methyl sites for hydroxylation is 1. The molecule has 0 spiro atoms. The molecule has 0 saturated carbocycles. The molecule has 1 N–H and O–H groups in total. The van der Waals surface area contributed by atoms with E-state index in [9.17, 15) is 0 Å².